The molecule has 1 saturated heterocycles. The summed E-state index contributed by atoms with van der Waals surface area (Å²) in [6.07, 6.45) is -1.00. The Bertz CT molecular complexity index is 1050. The first-order valence-corrected chi connectivity index (χ1v) is 9.47. The van der Waals surface area contributed by atoms with E-state index >= 15 is 0 Å². The fourth-order valence-electron chi connectivity index (χ4n) is 3.68. The summed E-state index contributed by atoms with van der Waals surface area (Å²) < 4.78 is 5.52. The third kappa shape index (κ3) is 3.54. The van der Waals surface area contributed by atoms with Crippen LogP contribution in [0.2, 0.25) is 0 Å². The van der Waals surface area contributed by atoms with Gasteiger partial charge in [0.05, 0.1) is 6.54 Å². The molecule has 2 N–H and O–H groups in total. The van der Waals surface area contributed by atoms with E-state index in [0.717, 1.165) is 21.2 Å². The molecule has 6 heteroatoms. The van der Waals surface area contributed by atoms with Gasteiger partial charge in [0.15, 0.2) is 0 Å². The summed E-state index contributed by atoms with van der Waals surface area (Å²) in [5.74, 6) is 0.224. The van der Waals surface area contributed by atoms with Crippen LogP contribution in [0.25, 0.3) is 10.8 Å². The van der Waals surface area contributed by atoms with Gasteiger partial charge in [0.1, 0.15) is 24.0 Å². The molecule has 4 rings (SSSR count). The third-order valence-electron chi connectivity index (χ3n) is 5.18. The molecular formula is C23H22N2O4. The standard InChI is InChI=1S/C23H22N2O4/c1-23(20-13-7-9-16-8-5-6-12-19(16)20)21(27)25(22(28)24-23)14-17(26)15-29-18-10-3-2-4-11-18/h2-13,17,26H,14-15H2,1H3,(H,24,28)/t17-,23-/m1/s1. The molecule has 3 aromatic carbocycles. The quantitative estimate of drug-likeness (QED) is 0.634. The number of amides is 3. The van der Waals surface area contributed by atoms with Gasteiger partial charge in [-0.2, -0.15) is 0 Å². The minimum Gasteiger partial charge on any atom is -0.491 e. The Morgan fingerprint density at radius 3 is 2.48 bits per heavy atom. The molecule has 1 fully saturated rings. The Morgan fingerprint density at radius 1 is 1.00 bits per heavy atom. The van der Waals surface area contributed by atoms with Crippen LogP contribution in [0.4, 0.5) is 4.79 Å². The van der Waals surface area contributed by atoms with E-state index in [4.69, 9.17) is 4.74 Å². The number of carbonyl (C=O) groups is 2. The lowest BCUT2D eigenvalue weighted by molar-refractivity contribution is -0.132. The lowest BCUT2D eigenvalue weighted by Gasteiger charge is -2.24. The van der Waals surface area contributed by atoms with Crippen molar-refractivity contribution in [3.05, 3.63) is 78.4 Å². The monoisotopic (exact) mass is 390 g/mol. The van der Waals surface area contributed by atoms with E-state index < -0.39 is 23.6 Å². The van der Waals surface area contributed by atoms with Crippen LogP contribution in [0.15, 0.2) is 72.8 Å². The van der Waals surface area contributed by atoms with Gasteiger partial charge in [0, 0.05) is 0 Å². The number of para-hydroxylation sites is 1. The predicted octanol–water partition coefficient (Wildman–Crippen LogP) is 3.05. The molecule has 1 aliphatic heterocycles. The SMILES string of the molecule is C[C@]1(c2cccc3ccccc23)NC(=O)N(C[C@@H](O)COc2ccccc2)C1=O. The average Bonchev–Trinajstić information content (AvgIpc) is 2.96. The van der Waals surface area contributed by atoms with Crippen molar-refractivity contribution in [1.29, 1.82) is 0 Å². The largest absolute Gasteiger partial charge is 0.491 e. The molecule has 148 valence electrons. The molecule has 1 heterocycles. The van der Waals surface area contributed by atoms with Crippen LogP contribution >= 0.6 is 0 Å². The zero-order valence-electron chi connectivity index (χ0n) is 16.0. The van der Waals surface area contributed by atoms with Crippen molar-refractivity contribution in [3.8, 4) is 5.75 Å². The molecule has 3 amide bonds. The van der Waals surface area contributed by atoms with Crippen LogP contribution in [0.3, 0.4) is 0 Å². The van der Waals surface area contributed by atoms with E-state index in [0.29, 0.717) is 5.75 Å². The van der Waals surface area contributed by atoms with E-state index in [1.165, 1.54) is 0 Å². The second-order valence-electron chi connectivity index (χ2n) is 7.28. The molecule has 0 aromatic heterocycles. The van der Waals surface area contributed by atoms with Gasteiger partial charge in [0.25, 0.3) is 5.91 Å². The van der Waals surface area contributed by atoms with Crippen LogP contribution in [0, 0.1) is 0 Å². The highest BCUT2D eigenvalue weighted by molar-refractivity contribution is 6.09. The normalized spacial score (nSPS) is 20.0. The number of rotatable bonds is 6. The Kier molecular flexibility index (Phi) is 4.94. The third-order valence-corrected chi connectivity index (χ3v) is 5.18. The number of aliphatic hydroxyl groups excluding tert-OH is 1. The fraction of sp³-hybridized carbons (Fsp3) is 0.217. The summed E-state index contributed by atoms with van der Waals surface area (Å²) in [6, 6.07) is 22.0. The van der Waals surface area contributed by atoms with Gasteiger partial charge in [-0.15, -0.1) is 0 Å². The van der Waals surface area contributed by atoms with Crippen molar-refractivity contribution >= 4 is 22.7 Å². The van der Waals surface area contributed by atoms with Gasteiger partial charge in [-0.1, -0.05) is 60.7 Å². The second-order valence-corrected chi connectivity index (χ2v) is 7.28. The smallest absolute Gasteiger partial charge is 0.325 e. The number of hydrogen-bond donors (Lipinski definition) is 2. The molecule has 1 aliphatic rings. The number of nitrogens with one attached hydrogen (secondary N) is 1. The summed E-state index contributed by atoms with van der Waals surface area (Å²) >= 11 is 0. The molecular weight excluding hydrogens is 368 g/mol. The number of fused-ring (bicyclic) bond motifs is 1. The first kappa shape index (κ1) is 19.0. The summed E-state index contributed by atoms with van der Waals surface area (Å²) in [7, 11) is 0. The van der Waals surface area contributed by atoms with Gasteiger partial charge >= 0.3 is 6.03 Å². The van der Waals surface area contributed by atoms with Crippen molar-refractivity contribution in [1.82, 2.24) is 10.2 Å². The van der Waals surface area contributed by atoms with Crippen LogP contribution in [0.1, 0.15) is 12.5 Å². The minimum absolute atomic E-state index is 0.0218. The number of imide groups is 1. The van der Waals surface area contributed by atoms with Crippen LogP contribution in [-0.4, -0.2) is 41.2 Å². The van der Waals surface area contributed by atoms with E-state index in [1.54, 1.807) is 19.1 Å². The van der Waals surface area contributed by atoms with Crippen molar-refractivity contribution in [2.24, 2.45) is 0 Å². The van der Waals surface area contributed by atoms with Crippen LogP contribution in [-0.2, 0) is 10.3 Å². The summed E-state index contributed by atoms with van der Waals surface area (Å²) in [5, 5.41) is 15.0. The molecule has 29 heavy (non-hydrogen) atoms. The predicted molar refractivity (Wildman–Crippen MR) is 109 cm³/mol. The lowest BCUT2D eigenvalue weighted by Crippen LogP contribution is -2.43. The summed E-state index contributed by atoms with van der Waals surface area (Å²) in [6.45, 7) is 1.53. The summed E-state index contributed by atoms with van der Waals surface area (Å²) in [4.78, 5) is 26.8. The maximum atomic E-state index is 13.2. The number of β-amino-alcohol motifs (C(OH)–C–C–N with tert-alkyl or cyclic N) is 1. The Morgan fingerprint density at radius 2 is 1.69 bits per heavy atom. The highest BCUT2D eigenvalue weighted by Gasteiger charge is 2.49. The maximum Gasteiger partial charge on any atom is 0.325 e. The lowest BCUT2D eigenvalue weighted by atomic mass is 9.88. The van der Waals surface area contributed by atoms with E-state index in [2.05, 4.69) is 5.32 Å². The maximum absolute atomic E-state index is 13.2. The van der Waals surface area contributed by atoms with E-state index in [-0.39, 0.29) is 13.2 Å². The number of hydrogen-bond acceptors (Lipinski definition) is 4. The number of carbonyl (C=O) groups excluding carboxylic acids is 2. The zero-order chi connectivity index (χ0) is 20.4. The van der Waals surface area contributed by atoms with Gasteiger partial charge < -0.3 is 15.2 Å². The number of urea groups is 1. The molecule has 0 bridgehead atoms. The fourth-order valence-corrected chi connectivity index (χ4v) is 3.68. The van der Waals surface area contributed by atoms with Gasteiger partial charge in [-0.3, -0.25) is 9.69 Å². The number of aliphatic hydroxyl groups is 1. The molecule has 0 saturated carbocycles. The highest BCUT2D eigenvalue weighted by Crippen LogP contribution is 2.33. The van der Waals surface area contributed by atoms with Crippen molar-refractivity contribution in [3.63, 3.8) is 0 Å². The number of ether oxygens (including phenoxy) is 1. The number of benzene rings is 3. The topological polar surface area (TPSA) is 78.9 Å². The van der Waals surface area contributed by atoms with E-state index in [1.807, 2.05) is 60.7 Å². The Labute approximate surface area is 168 Å². The van der Waals surface area contributed by atoms with E-state index in [9.17, 15) is 14.7 Å². The number of nitrogens with zero attached hydrogens (tertiary/aromatic N) is 1. The first-order valence-electron chi connectivity index (χ1n) is 9.47. The van der Waals surface area contributed by atoms with Crippen LogP contribution in [0.5, 0.6) is 5.75 Å². The zero-order valence-corrected chi connectivity index (χ0v) is 16.0. The first-order chi connectivity index (χ1) is 14.0. The Balaban J connectivity index is 1.52. The van der Waals surface area contributed by atoms with Gasteiger partial charge in [-0.25, -0.2) is 4.79 Å². The molecule has 3 aromatic rings. The summed E-state index contributed by atoms with van der Waals surface area (Å²) in [5.41, 5.74) is -0.468. The molecule has 6 nitrogen and oxygen atoms in total. The van der Waals surface area contributed by atoms with Crippen molar-refractivity contribution in [2.75, 3.05) is 13.2 Å². The molecule has 0 spiro atoms. The van der Waals surface area contributed by atoms with Crippen molar-refractivity contribution < 1.29 is 19.4 Å². The highest BCUT2D eigenvalue weighted by atomic mass is 16.5. The van der Waals surface area contributed by atoms with Gasteiger partial charge in [-0.05, 0) is 35.4 Å². The second kappa shape index (κ2) is 7.56. The molecule has 0 unspecified atom stereocenters. The van der Waals surface area contributed by atoms with Crippen molar-refractivity contribution in [2.45, 2.75) is 18.6 Å². The molecule has 2 atom stereocenters. The molecule has 0 radical (unpaired) electrons. The average molecular weight is 390 g/mol. The molecule has 0 aliphatic carbocycles. The van der Waals surface area contributed by atoms with Gasteiger partial charge in [0.2, 0.25) is 0 Å². The van der Waals surface area contributed by atoms with Crippen LogP contribution < -0.4 is 10.1 Å². The Hall–Kier alpha value is -3.38. The minimum atomic E-state index is -1.20.